The Balaban J connectivity index is 1.40. The quantitative estimate of drug-likeness (QED) is 0.591. The predicted octanol–water partition coefficient (Wildman–Crippen LogP) is 3.71. The van der Waals surface area contributed by atoms with Gasteiger partial charge in [-0.25, -0.2) is 4.68 Å². The van der Waals surface area contributed by atoms with Crippen molar-refractivity contribution in [2.24, 2.45) is 0 Å². The average molecular weight is 400 g/mol. The minimum absolute atomic E-state index is 0.0221. The summed E-state index contributed by atoms with van der Waals surface area (Å²) >= 11 is 1.39. The highest BCUT2D eigenvalue weighted by atomic mass is 32.2. The number of carbonyl (C=O) groups excluding carboxylic acids is 1. The van der Waals surface area contributed by atoms with Gasteiger partial charge in [0.25, 0.3) is 0 Å². The van der Waals surface area contributed by atoms with Gasteiger partial charge in [-0.2, -0.15) is 0 Å². The Morgan fingerprint density at radius 1 is 1.18 bits per heavy atom. The summed E-state index contributed by atoms with van der Waals surface area (Å²) in [5.74, 6) is 7.54. The fourth-order valence-corrected chi connectivity index (χ4v) is 5.20. The van der Waals surface area contributed by atoms with Gasteiger partial charge in [-0.1, -0.05) is 55.3 Å². The van der Waals surface area contributed by atoms with E-state index in [1.807, 2.05) is 13.0 Å². The summed E-state index contributed by atoms with van der Waals surface area (Å²) in [6, 6.07) is 8.50. The molecule has 0 bridgehead atoms. The molecule has 1 heterocycles. The fraction of sp³-hybridized carbons (Fsp3) is 0.571. The molecular formula is C21H29N5OS. The van der Waals surface area contributed by atoms with Crippen molar-refractivity contribution in [3.63, 3.8) is 0 Å². The molecule has 2 aliphatic carbocycles. The summed E-state index contributed by atoms with van der Waals surface area (Å²) in [6.45, 7) is 1.91. The molecule has 0 spiro atoms. The molecule has 2 atom stereocenters. The monoisotopic (exact) mass is 399 g/mol. The van der Waals surface area contributed by atoms with Crippen LogP contribution in [0.2, 0.25) is 0 Å². The third-order valence-corrected chi connectivity index (χ3v) is 7.06. The van der Waals surface area contributed by atoms with Crippen LogP contribution in [-0.4, -0.2) is 26.0 Å². The molecule has 1 amide bonds. The zero-order valence-electron chi connectivity index (χ0n) is 16.4. The van der Waals surface area contributed by atoms with E-state index < -0.39 is 0 Å². The molecule has 7 heteroatoms. The van der Waals surface area contributed by atoms with Crippen LogP contribution in [0, 0.1) is 0 Å². The number of thioether (sulfide) groups is 1. The van der Waals surface area contributed by atoms with Crippen molar-refractivity contribution in [2.75, 3.05) is 5.84 Å². The number of rotatable bonds is 5. The number of nitrogens with two attached hydrogens (primary N) is 1. The van der Waals surface area contributed by atoms with Gasteiger partial charge in [0.15, 0.2) is 5.82 Å². The Morgan fingerprint density at radius 2 is 1.96 bits per heavy atom. The standard InChI is InChI=1S/C21H29N5OS/c1-14(20(27)23-18-13-7-11-15-8-5-6-12-17(15)18)28-21-25-24-19(26(21)22)16-9-3-2-4-10-16/h5-6,8,12,14,16,18H,2-4,7,9-11,13,22H2,1H3,(H,23,27)/t14-,18-/m1/s1. The number of nitrogens with zero attached hydrogens (tertiary/aromatic N) is 3. The number of hydrogen-bond donors (Lipinski definition) is 2. The second kappa shape index (κ2) is 8.55. The normalized spacial score (nSPS) is 21.1. The molecule has 28 heavy (non-hydrogen) atoms. The van der Waals surface area contributed by atoms with E-state index in [1.54, 1.807) is 4.68 Å². The number of fused-ring (bicyclic) bond motifs is 1. The summed E-state index contributed by atoms with van der Waals surface area (Å²) in [7, 11) is 0. The number of nitrogens with one attached hydrogen (secondary N) is 1. The highest BCUT2D eigenvalue weighted by molar-refractivity contribution is 8.00. The van der Waals surface area contributed by atoms with Gasteiger partial charge in [-0.15, -0.1) is 10.2 Å². The van der Waals surface area contributed by atoms with Gasteiger partial charge < -0.3 is 11.2 Å². The third kappa shape index (κ3) is 4.04. The van der Waals surface area contributed by atoms with E-state index >= 15 is 0 Å². The third-order valence-electron chi connectivity index (χ3n) is 6.00. The van der Waals surface area contributed by atoms with Crippen molar-refractivity contribution in [2.45, 2.75) is 80.7 Å². The molecule has 0 radical (unpaired) electrons. The first kappa shape index (κ1) is 19.3. The summed E-state index contributed by atoms with van der Waals surface area (Å²) in [6.07, 6.45) is 9.16. The van der Waals surface area contributed by atoms with Crippen molar-refractivity contribution >= 4 is 17.7 Å². The fourth-order valence-electron chi connectivity index (χ4n) is 4.41. The highest BCUT2D eigenvalue weighted by Crippen LogP contribution is 2.33. The molecule has 1 aromatic heterocycles. The van der Waals surface area contributed by atoms with E-state index in [0.29, 0.717) is 11.1 Å². The van der Waals surface area contributed by atoms with Gasteiger partial charge in [-0.3, -0.25) is 4.79 Å². The number of aromatic nitrogens is 3. The lowest BCUT2D eigenvalue weighted by molar-refractivity contribution is -0.121. The topological polar surface area (TPSA) is 85.8 Å². The minimum Gasteiger partial charge on any atom is -0.348 e. The Kier molecular flexibility index (Phi) is 5.90. The largest absolute Gasteiger partial charge is 0.348 e. The summed E-state index contributed by atoms with van der Waals surface area (Å²) < 4.78 is 1.60. The van der Waals surface area contributed by atoms with Crippen LogP contribution in [-0.2, 0) is 11.2 Å². The number of benzene rings is 1. The molecule has 0 saturated heterocycles. The second-order valence-corrected chi connectivity index (χ2v) is 9.27. The van der Waals surface area contributed by atoms with Gasteiger partial charge in [0, 0.05) is 5.92 Å². The van der Waals surface area contributed by atoms with Crippen LogP contribution >= 0.6 is 11.8 Å². The first-order valence-corrected chi connectivity index (χ1v) is 11.3. The van der Waals surface area contributed by atoms with Gasteiger partial charge in [0.1, 0.15) is 0 Å². The molecule has 0 aliphatic heterocycles. The van der Waals surface area contributed by atoms with Gasteiger partial charge in [0.05, 0.1) is 11.3 Å². The Labute approximate surface area is 170 Å². The van der Waals surface area contributed by atoms with Gasteiger partial charge >= 0.3 is 0 Å². The molecule has 3 N–H and O–H groups in total. The molecule has 0 unspecified atom stereocenters. The smallest absolute Gasteiger partial charge is 0.233 e. The summed E-state index contributed by atoms with van der Waals surface area (Å²) in [5, 5.41) is 12.2. The van der Waals surface area contributed by atoms with Crippen LogP contribution in [0.25, 0.3) is 0 Å². The van der Waals surface area contributed by atoms with E-state index in [1.165, 1.54) is 42.2 Å². The molecule has 1 saturated carbocycles. The first-order chi connectivity index (χ1) is 13.6. The summed E-state index contributed by atoms with van der Waals surface area (Å²) in [4.78, 5) is 12.8. The highest BCUT2D eigenvalue weighted by Gasteiger charge is 2.27. The van der Waals surface area contributed by atoms with Crippen LogP contribution in [0.3, 0.4) is 0 Å². The van der Waals surface area contributed by atoms with Crippen LogP contribution in [0.1, 0.15) is 80.8 Å². The molecule has 6 nitrogen and oxygen atoms in total. The average Bonchev–Trinajstić information content (AvgIpc) is 3.09. The SMILES string of the molecule is C[C@@H](Sc1nnc(C2CCCCC2)n1N)C(=O)N[C@@H]1CCCc2ccccc21. The number of hydrogen-bond acceptors (Lipinski definition) is 5. The lowest BCUT2D eigenvalue weighted by Crippen LogP contribution is -2.36. The lowest BCUT2D eigenvalue weighted by atomic mass is 9.88. The maximum Gasteiger partial charge on any atom is 0.233 e. The summed E-state index contributed by atoms with van der Waals surface area (Å²) in [5.41, 5.74) is 2.60. The maximum atomic E-state index is 12.8. The van der Waals surface area contributed by atoms with E-state index in [0.717, 1.165) is 37.9 Å². The van der Waals surface area contributed by atoms with Crippen LogP contribution in [0.4, 0.5) is 0 Å². The lowest BCUT2D eigenvalue weighted by Gasteiger charge is -2.27. The van der Waals surface area contributed by atoms with E-state index in [4.69, 9.17) is 5.84 Å². The molecule has 1 fully saturated rings. The molecule has 150 valence electrons. The van der Waals surface area contributed by atoms with Crippen molar-refractivity contribution in [1.29, 1.82) is 0 Å². The Hall–Kier alpha value is -2.02. The van der Waals surface area contributed by atoms with Crippen LogP contribution in [0.15, 0.2) is 29.4 Å². The number of carbonyl (C=O) groups is 1. The van der Waals surface area contributed by atoms with E-state index in [-0.39, 0.29) is 17.2 Å². The van der Waals surface area contributed by atoms with Crippen molar-refractivity contribution in [3.05, 3.63) is 41.2 Å². The van der Waals surface area contributed by atoms with E-state index in [2.05, 4.69) is 33.7 Å². The molecular weight excluding hydrogens is 370 g/mol. The van der Waals surface area contributed by atoms with Crippen molar-refractivity contribution < 1.29 is 4.79 Å². The zero-order chi connectivity index (χ0) is 19.5. The molecule has 1 aromatic carbocycles. The van der Waals surface area contributed by atoms with Crippen molar-refractivity contribution in [1.82, 2.24) is 20.2 Å². The van der Waals surface area contributed by atoms with Crippen molar-refractivity contribution in [3.8, 4) is 0 Å². The molecule has 2 aliphatic rings. The van der Waals surface area contributed by atoms with Crippen LogP contribution in [0.5, 0.6) is 0 Å². The minimum atomic E-state index is -0.278. The zero-order valence-corrected chi connectivity index (χ0v) is 17.3. The van der Waals surface area contributed by atoms with Gasteiger partial charge in [0.2, 0.25) is 11.1 Å². The molecule has 4 rings (SSSR count). The van der Waals surface area contributed by atoms with E-state index in [9.17, 15) is 4.79 Å². The number of nitrogen functional groups attached to an aromatic ring is 1. The Morgan fingerprint density at radius 3 is 2.79 bits per heavy atom. The van der Waals surface area contributed by atoms with Gasteiger partial charge in [-0.05, 0) is 50.2 Å². The number of amides is 1. The van der Waals surface area contributed by atoms with Crippen LogP contribution < -0.4 is 11.2 Å². The second-order valence-electron chi connectivity index (χ2n) is 7.96. The Bertz CT molecular complexity index is 830. The molecule has 2 aromatic rings. The first-order valence-electron chi connectivity index (χ1n) is 10.4. The number of aryl methyl sites for hydroxylation is 1. The maximum absolute atomic E-state index is 12.8. The predicted molar refractivity (Wildman–Crippen MR) is 112 cm³/mol.